The maximum absolute atomic E-state index is 11.2. The van der Waals surface area contributed by atoms with Gasteiger partial charge in [0.2, 0.25) is 0 Å². The zero-order valence-corrected chi connectivity index (χ0v) is 13.3. The number of benzene rings is 1. The molecule has 0 aromatic heterocycles. The fourth-order valence-corrected chi connectivity index (χ4v) is 3.30. The van der Waals surface area contributed by atoms with Crippen LogP contribution in [0, 0.1) is 0 Å². The van der Waals surface area contributed by atoms with Crippen molar-refractivity contribution in [3.8, 4) is 5.75 Å². The highest BCUT2D eigenvalue weighted by Crippen LogP contribution is 2.28. The Morgan fingerprint density at radius 2 is 1.95 bits per heavy atom. The minimum absolute atomic E-state index is 0.0198. The van der Waals surface area contributed by atoms with E-state index in [0.717, 1.165) is 13.0 Å². The van der Waals surface area contributed by atoms with Crippen molar-refractivity contribution >= 4 is 31.3 Å². The molecule has 0 radical (unpaired) electrons. The highest BCUT2D eigenvalue weighted by Gasteiger charge is 2.13. The Hall–Kier alpha value is -0.490. The van der Waals surface area contributed by atoms with Crippen molar-refractivity contribution < 1.29 is 13.2 Å². The lowest BCUT2D eigenvalue weighted by atomic mass is 10.3. The third-order valence-corrected chi connectivity index (χ3v) is 4.91. The van der Waals surface area contributed by atoms with Crippen LogP contribution < -0.4 is 4.74 Å². The summed E-state index contributed by atoms with van der Waals surface area (Å²) in [5.41, 5.74) is 0. The molecule has 20 heavy (non-hydrogen) atoms. The molecule has 4 nitrogen and oxygen atoms in total. The van der Waals surface area contributed by atoms with Gasteiger partial charge in [0.1, 0.15) is 5.75 Å². The maximum Gasteiger partial charge on any atom is 0.261 e. The van der Waals surface area contributed by atoms with Gasteiger partial charge in [-0.1, -0.05) is 11.6 Å². The van der Waals surface area contributed by atoms with Crippen LogP contribution in [0.1, 0.15) is 19.3 Å². The Morgan fingerprint density at radius 3 is 2.55 bits per heavy atom. The normalized spacial score (nSPS) is 16.5. The molecule has 0 atom stereocenters. The van der Waals surface area contributed by atoms with Crippen molar-refractivity contribution in [3.63, 3.8) is 0 Å². The highest BCUT2D eigenvalue weighted by atomic mass is 35.7. The minimum Gasteiger partial charge on any atom is -0.492 e. The van der Waals surface area contributed by atoms with E-state index in [-0.39, 0.29) is 9.92 Å². The van der Waals surface area contributed by atoms with E-state index >= 15 is 0 Å². The standard InChI is InChI=1S/C13H17Cl2NO3S/c14-12-10-11(20(15,17)18)4-5-13(12)19-9-3-8-16-6-1-2-7-16/h4-5,10H,1-3,6-9H2. The van der Waals surface area contributed by atoms with E-state index in [2.05, 4.69) is 4.90 Å². The predicted molar refractivity (Wildman–Crippen MR) is 80.3 cm³/mol. The topological polar surface area (TPSA) is 46.6 Å². The molecule has 0 saturated carbocycles. The number of likely N-dealkylation sites (tertiary alicyclic amines) is 1. The predicted octanol–water partition coefficient (Wildman–Crippen LogP) is 3.13. The highest BCUT2D eigenvalue weighted by molar-refractivity contribution is 8.13. The number of halogens is 2. The number of hydrogen-bond donors (Lipinski definition) is 0. The van der Waals surface area contributed by atoms with E-state index < -0.39 is 9.05 Å². The summed E-state index contributed by atoms with van der Waals surface area (Å²) in [6.07, 6.45) is 3.48. The maximum atomic E-state index is 11.2. The van der Waals surface area contributed by atoms with E-state index in [1.165, 1.54) is 44.1 Å². The van der Waals surface area contributed by atoms with Gasteiger partial charge in [0.15, 0.2) is 0 Å². The van der Waals surface area contributed by atoms with Crippen molar-refractivity contribution in [2.24, 2.45) is 0 Å². The lowest BCUT2D eigenvalue weighted by Crippen LogP contribution is -2.21. The van der Waals surface area contributed by atoms with Gasteiger partial charge in [-0.2, -0.15) is 0 Å². The van der Waals surface area contributed by atoms with Gasteiger partial charge in [0.05, 0.1) is 16.5 Å². The molecule has 1 aliphatic rings. The van der Waals surface area contributed by atoms with Gasteiger partial charge in [-0.25, -0.2) is 8.42 Å². The molecule has 1 aromatic rings. The molecule has 0 spiro atoms. The summed E-state index contributed by atoms with van der Waals surface area (Å²) >= 11 is 5.98. The first-order valence-corrected chi connectivity index (χ1v) is 9.25. The summed E-state index contributed by atoms with van der Waals surface area (Å²) in [4.78, 5) is 2.39. The second-order valence-electron chi connectivity index (χ2n) is 4.78. The van der Waals surface area contributed by atoms with Gasteiger partial charge in [-0.05, 0) is 50.6 Å². The molecule has 0 N–H and O–H groups in total. The van der Waals surface area contributed by atoms with Crippen molar-refractivity contribution in [2.75, 3.05) is 26.2 Å². The van der Waals surface area contributed by atoms with Crippen molar-refractivity contribution in [1.82, 2.24) is 4.90 Å². The van der Waals surface area contributed by atoms with Gasteiger partial charge in [0, 0.05) is 17.2 Å². The smallest absolute Gasteiger partial charge is 0.261 e. The first-order valence-electron chi connectivity index (χ1n) is 6.56. The van der Waals surface area contributed by atoms with Crippen LogP contribution in [-0.4, -0.2) is 39.6 Å². The molecule has 1 aromatic carbocycles. The van der Waals surface area contributed by atoms with E-state index in [4.69, 9.17) is 27.0 Å². The van der Waals surface area contributed by atoms with Crippen LogP contribution in [0.15, 0.2) is 23.1 Å². The first kappa shape index (κ1) is 15.9. The van der Waals surface area contributed by atoms with Gasteiger partial charge in [-0.3, -0.25) is 0 Å². The molecular weight excluding hydrogens is 321 g/mol. The lowest BCUT2D eigenvalue weighted by Gasteiger charge is -2.14. The molecule has 1 aliphatic heterocycles. The molecule has 7 heteroatoms. The van der Waals surface area contributed by atoms with Crippen LogP contribution in [0.3, 0.4) is 0 Å². The summed E-state index contributed by atoms with van der Waals surface area (Å²) in [6, 6.07) is 4.23. The molecule has 1 heterocycles. The van der Waals surface area contributed by atoms with Crippen LogP contribution in [0.2, 0.25) is 5.02 Å². The SMILES string of the molecule is O=S(=O)(Cl)c1ccc(OCCCN2CCCC2)c(Cl)c1. The Labute approximate surface area is 129 Å². The van der Waals surface area contributed by atoms with Crippen LogP contribution >= 0.6 is 22.3 Å². The average molecular weight is 338 g/mol. The average Bonchev–Trinajstić information content (AvgIpc) is 2.88. The summed E-state index contributed by atoms with van der Waals surface area (Å²) in [5, 5.41) is 0.257. The molecule has 0 bridgehead atoms. The molecule has 0 aliphatic carbocycles. The number of nitrogens with zero attached hydrogens (tertiary/aromatic N) is 1. The quantitative estimate of drug-likeness (QED) is 0.591. The number of hydrogen-bond acceptors (Lipinski definition) is 4. The Kier molecular flexibility index (Phi) is 5.55. The van der Waals surface area contributed by atoms with E-state index in [0.29, 0.717) is 12.4 Å². The van der Waals surface area contributed by atoms with Crippen LogP contribution in [-0.2, 0) is 9.05 Å². The lowest BCUT2D eigenvalue weighted by molar-refractivity contribution is 0.263. The first-order chi connectivity index (χ1) is 9.47. The summed E-state index contributed by atoms with van der Waals surface area (Å²) < 4.78 is 27.9. The Morgan fingerprint density at radius 1 is 1.25 bits per heavy atom. The molecule has 2 rings (SSSR count). The monoisotopic (exact) mass is 337 g/mol. The molecule has 0 amide bonds. The summed E-state index contributed by atoms with van der Waals surface area (Å²) in [7, 11) is 1.50. The van der Waals surface area contributed by atoms with Crippen LogP contribution in [0.4, 0.5) is 0 Å². The Bertz CT molecular complexity index is 557. The van der Waals surface area contributed by atoms with Crippen molar-refractivity contribution in [2.45, 2.75) is 24.2 Å². The van der Waals surface area contributed by atoms with Crippen molar-refractivity contribution in [3.05, 3.63) is 23.2 Å². The second-order valence-corrected chi connectivity index (χ2v) is 7.75. The third kappa shape index (κ3) is 4.52. The van der Waals surface area contributed by atoms with Crippen LogP contribution in [0.25, 0.3) is 0 Å². The van der Waals surface area contributed by atoms with E-state index in [1.807, 2.05) is 0 Å². The van der Waals surface area contributed by atoms with E-state index in [1.54, 1.807) is 0 Å². The second kappa shape index (κ2) is 6.98. The zero-order chi connectivity index (χ0) is 14.6. The summed E-state index contributed by atoms with van der Waals surface area (Å²) in [5.74, 6) is 0.483. The third-order valence-electron chi connectivity index (χ3n) is 3.26. The molecular formula is C13H17Cl2NO3S. The number of rotatable bonds is 6. The minimum atomic E-state index is -3.75. The van der Waals surface area contributed by atoms with Gasteiger partial charge >= 0.3 is 0 Å². The largest absolute Gasteiger partial charge is 0.492 e. The van der Waals surface area contributed by atoms with Gasteiger partial charge in [0.25, 0.3) is 9.05 Å². The van der Waals surface area contributed by atoms with Gasteiger partial charge in [-0.15, -0.1) is 0 Å². The fraction of sp³-hybridized carbons (Fsp3) is 0.538. The summed E-state index contributed by atoms with van der Waals surface area (Å²) in [6.45, 7) is 3.92. The van der Waals surface area contributed by atoms with Gasteiger partial charge < -0.3 is 9.64 Å². The molecule has 0 unspecified atom stereocenters. The zero-order valence-electron chi connectivity index (χ0n) is 11.0. The van der Waals surface area contributed by atoms with Crippen molar-refractivity contribution in [1.29, 1.82) is 0 Å². The van der Waals surface area contributed by atoms with E-state index in [9.17, 15) is 8.42 Å². The Balaban J connectivity index is 1.83. The number of ether oxygens (including phenoxy) is 1. The molecule has 1 saturated heterocycles. The van der Waals surface area contributed by atoms with Crippen LogP contribution in [0.5, 0.6) is 5.75 Å². The molecule has 1 fully saturated rings. The molecule has 112 valence electrons. The fourth-order valence-electron chi connectivity index (χ4n) is 2.23.